The first-order valence-corrected chi connectivity index (χ1v) is 10.5. The molecule has 0 bridgehead atoms. The van der Waals surface area contributed by atoms with Gasteiger partial charge in [-0.05, 0) is 43.0 Å². The van der Waals surface area contributed by atoms with Gasteiger partial charge in [-0.2, -0.15) is 0 Å². The highest BCUT2D eigenvalue weighted by molar-refractivity contribution is 5.79. The van der Waals surface area contributed by atoms with Crippen LogP contribution in [0.25, 0.3) is 11.1 Å². The molecule has 7 nitrogen and oxygen atoms in total. The molecule has 2 amide bonds. The smallest absolute Gasteiger partial charge is 0.412 e. The molecule has 1 N–H and O–H groups in total. The Balaban J connectivity index is 1.38. The topological polar surface area (TPSA) is 79.3 Å². The molecule has 0 aromatic heterocycles. The average Bonchev–Trinajstić information content (AvgIpc) is 3.04. The number of aliphatic hydroxyl groups is 1. The summed E-state index contributed by atoms with van der Waals surface area (Å²) in [5.41, 5.74) is 3.97. The Bertz CT molecular complexity index is 938. The van der Waals surface area contributed by atoms with E-state index in [9.17, 15) is 14.7 Å². The molecule has 1 saturated heterocycles. The number of ether oxygens (including phenoxy) is 2. The summed E-state index contributed by atoms with van der Waals surface area (Å²) >= 11 is 0. The van der Waals surface area contributed by atoms with Gasteiger partial charge >= 0.3 is 12.2 Å². The number of carbonyl (C=O) groups excluding carboxylic acids is 2. The molecule has 4 rings (SSSR count). The van der Waals surface area contributed by atoms with Gasteiger partial charge in [0.05, 0.1) is 6.54 Å². The van der Waals surface area contributed by atoms with Crippen molar-refractivity contribution in [3.63, 3.8) is 0 Å². The Morgan fingerprint density at radius 2 is 1.55 bits per heavy atom. The highest BCUT2D eigenvalue weighted by Gasteiger charge is 2.35. The lowest BCUT2D eigenvalue weighted by Crippen LogP contribution is -2.57. The first-order valence-electron chi connectivity index (χ1n) is 10.5. The fraction of sp³-hybridized carbons (Fsp3) is 0.417. The molecule has 1 aliphatic carbocycles. The fourth-order valence-corrected chi connectivity index (χ4v) is 4.15. The molecule has 0 unspecified atom stereocenters. The number of hydrogen-bond acceptors (Lipinski definition) is 5. The summed E-state index contributed by atoms with van der Waals surface area (Å²) in [4.78, 5) is 27.6. The van der Waals surface area contributed by atoms with E-state index in [2.05, 4.69) is 24.3 Å². The maximum atomic E-state index is 12.7. The van der Waals surface area contributed by atoms with Crippen LogP contribution in [0, 0.1) is 0 Å². The second-order valence-electron chi connectivity index (χ2n) is 8.90. The standard InChI is InChI=1S/C24H28N2O5/c1-24(2,3)31-23(29)26-13-12-25(14-21(26)27)22(28)30-15-20-18-10-6-4-8-16(18)17-9-5-7-11-19(17)20/h4-11,20-21,27H,12-15H2,1-3H3/t21-/m1/s1. The van der Waals surface area contributed by atoms with Crippen molar-refractivity contribution < 1.29 is 24.2 Å². The van der Waals surface area contributed by atoms with Gasteiger partial charge in [0.25, 0.3) is 0 Å². The van der Waals surface area contributed by atoms with Gasteiger partial charge in [0.2, 0.25) is 0 Å². The maximum absolute atomic E-state index is 12.7. The lowest BCUT2D eigenvalue weighted by atomic mass is 9.98. The zero-order valence-corrected chi connectivity index (χ0v) is 18.1. The molecular weight excluding hydrogens is 396 g/mol. The van der Waals surface area contributed by atoms with Crippen LogP contribution in [0.2, 0.25) is 0 Å². The summed E-state index contributed by atoms with van der Waals surface area (Å²) in [6, 6.07) is 16.3. The summed E-state index contributed by atoms with van der Waals surface area (Å²) in [6.07, 6.45) is -2.22. The van der Waals surface area contributed by atoms with Crippen LogP contribution in [0.5, 0.6) is 0 Å². The molecule has 164 valence electrons. The minimum Gasteiger partial charge on any atom is -0.448 e. The SMILES string of the molecule is CC(C)(C)OC(=O)N1CCN(C(=O)OCC2c3ccccc3-c3ccccc32)C[C@H]1O. The zero-order valence-electron chi connectivity index (χ0n) is 18.1. The van der Waals surface area contributed by atoms with E-state index in [0.29, 0.717) is 0 Å². The summed E-state index contributed by atoms with van der Waals surface area (Å²) in [5, 5.41) is 10.4. The maximum Gasteiger partial charge on any atom is 0.412 e. The Morgan fingerprint density at radius 3 is 2.10 bits per heavy atom. The molecule has 7 heteroatoms. The minimum atomic E-state index is -1.14. The number of benzene rings is 2. The summed E-state index contributed by atoms with van der Waals surface area (Å²) in [5.74, 6) is -0.0238. The van der Waals surface area contributed by atoms with Crippen LogP contribution in [-0.4, -0.2) is 65.2 Å². The van der Waals surface area contributed by atoms with Crippen molar-refractivity contribution in [2.75, 3.05) is 26.2 Å². The van der Waals surface area contributed by atoms with Crippen molar-refractivity contribution in [2.45, 2.75) is 38.5 Å². The predicted octanol–water partition coefficient (Wildman–Crippen LogP) is 3.81. The molecule has 0 spiro atoms. The molecule has 2 aliphatic rings. The van der Waals surface area contributed by atoms with Crippen molar-refractivity contribution >= 4 is 12.2 Å². The number of rotatable bonds is 2. The molecule has 2 aromatic carbocycles. The number of fused-ring (bicyclic) bond motifs is 3. The van der Waals surface area contributed by atoms with E-state index in [1.165, 1.54) is 20.9 Å². The number of aliphatic hydroxyl groups excluding tert-OH is 1. The predicted molar refractivity (Wildman–Crippen MR) is 116 cm³/mol. The Kier molecular flexibility index (Phi) is 5.62. The first kappa shape index (κ1) is 21.2. The van der Waals surface area contributed by atoms with Crippen molar-refractivity contribution in [3.8, 4) is 11.1 Å². The van der Waals surface area contributed by atoms with Gasteiger partial charge in [-0.15, -0.1) is 0 Å². The highest BCUT2D eigenvalue weighted by Crippen LogP contribution is 2.44. The van der Waals surface area contributed by atoms with Crippen LogP contribution >= 0.6 is 0 Å². The van der Waals surface area contributed by atoms with E-state index < -0.39 is 24.0 Å². The van der Waals surface area contributed by atoms with Crippen molar-refractivity contribution in [3.05, 3.63) is 59.7 Å². The highest BCUT2D eigenvalue weighted by atomic mass is 16.6. The first-order chi connectivity index (χ1) is 14.7. The third-order valence-corrected chi connectivity index (χ3v) is 5.58. The van der Waals surface area contributed by atoms with E-state index in [1.54, 1.807) is 20.8 Å². The number of amides is 2. The van der Waals surface area contributed by atoms with E-state index in [-0.39, 0.29) is 32.2 Å². The molecule has 31 heavy (non-hydrogen) atoms. The number of nitrogens with zero attached hydrogens (tertiary/aromatic N) is 2. The molecule has 0 saturated carbocycles. The average molecular weight is 424 g/mol. The molecule has 1 aliphatic heterocycles. The summed E-state index contributed by atoms with van der Waals surface area (Å²) < 4.78 is 11.0. The molecule has 0 radical (unpaired) electrons. The van der Waals surface area contributed by atoms with Crippen LogP contribution in [0.3, 0.4) is 0 Å². The van der Waals surface area contributed by atoms with E-state index in [0.717, 1.165) is 11.1 Å². The normalized spacial score (nSPS) is 18.4. The van der Waals surface area contributed by atoms with Crippen LogP contribution in [-0.2, 0) is 9.47 Å². The zero-order chi connectivity index (χ0) is 22.2. The fourth-order valence-electron chi connectivity index (χ4n) is 4.15. The van der Waals surface area contributed by atoms with Crippen molar-refractivity contribution in [1.29, 1.82) is 0 Å². The molecule has 1 heterocycles. The Hall–Kier alpha value is -3.06. The van der Waals surface area contributed by atoms with Gasteiger partial charge < -0.3 is 19.5 Å². The molecular formula is C24H28N2O5. The van der Waals surface area contributed by atoms with Crippen LogP contribution in [0.1, 0.15) is 37.8 Å². The number of β-amino-alcohol motifs (C(OH)–C–C–N with tert-alkyl or cyclic N) is 1. The Labute approximate surface area is 182 Å². The molecule has 1 atom stereocenters. The van der Waals surface area contributed by atoms with Crippen LogP contribution in [0.15, 0.2) is 48.5 Å². The summed E-state index contributed by atoms with van der Waals surface area (Å²) in [6.45, 7) is 5.96. The quantitative estimate of drug-likeness (QED) is 0.793. The van der Waals surface area contributed by atoms with Gasteiger partial charge in [-0.25, -0.2) is 9.59 Å². The number of carbonyl (C=O) groups is 2. The van der Waals surface area contributed by atoms with Gasteiger partial charge in [-0.1, -0.05) is 48.5 Å². The third kappa shape index (κ3) is 4.37. The van der Waals surface area contributed by atoms with E-state index >= 15 is 0 Å². The monoisotopic (exact) mass is 424 g/mol. The van der Waals surface area contributed by atoms with Crippen molar-refractivity contribution in [2.24, 2.45) is 0 Å². The van der Waals surface area contributed by atoms with E-state index in [1.807, 2.05) is 24.3 Å². The lowest BCUT2D eigenvalue weighted by Gasteiger charge is -2.38. The Morgan fingerprint density at radius 1 is 0.968 bits per heavy atom. The van der Waals surface area contributed by atoms with Crippen LogP contribution in [0.4, 0.5) is 9.59 Å². The largest absolute Gasteiger partial charge is 0.448 e. The second kappa shape index (κ2) is 8.23. The second-order valence-corrected chi connectivity index (χ2v) is 8.90. The van der Waals surface area contributed by atoms with Gasteiger partial charge in [-0.3, -0.25) is 4.90 Å². The molecule has 1 fully saturated rings. The lowest BCUT2D eigenvalue weighted by molar-refractivity contribution is -0.0630. The number of piperazine rings is 1. The minimum absolute atomic E-state index is 0.0179. The van der Waals surface area contributed by atoms with E-state index in [4.69, 9.17) is 9.47 Å². The van der Waals surface area contributed by atoms with Gasteiger partial charge in [0.15, 0.2) is 0 Å². The third-order valence-electron chi connectivity index (χ3n) is 5.58. The van der Waals surface area contributed by atoms with Gasteiger partial charge in [0.1, 0.15) is 18.4 Å². The molecule has 2 aromatic rings. The van der Waals surface area contributed by atoms with Crippen LogP contribution < -0.4 is 0 Å². The van der Waals surface area contributed by atoms with Crippen molar-refractivity contribution in [1.82, 2.24) is 9.80 Å². The number of hydrogen-bond donors (Lipinski definition) is 1. The summed E-state index contributed by atoms with van der Waals surface area (Å²) in [7, 11) is 0. The van der Waals surface area contributed by atoms with Gasteiger partial charge in [0, 0.05) is 19.0 Å².